The Balaban J connectivity index is 0.00000220. The van der Waals surface area contributed by atoms with E-state index in [9.17, 15) is 8.78 Å². The molecular weight excluding hydrogens is 300 g/mol. The molecule has 21 heavy (non-hydrogen) atoms. The molecule has 0 aliphatic heterocycles. The molecule has 0 aromatic carbocycles. The van der Waals surface area contributed by atoms with Gasteiger partial charge in [0.05, 0.1) is 17.6 Å². The number of hydrogen-bond donors (Lipinski definition) is 1. The second kappa shape index (κ2) is 7.40. The number of aromatic nitrogens is 4. The summed E-state index contributed by atoms with van der Waals surface area (Å²) in [6.07, 6.45) is 2.78. The molecule has 2 aromatic rings. The van der Waals surface area contributed by atoms with E-state index in [1.54, 1.807) is 12.4 Å². The van der Waals surface area contributed by atoms with E-state index in [1.165, 1.54) is 4.68 Å². The summed E-state index contributed by atoms with van der Waals surface area (Å²) < 4.78 is 27.6. The Hall–Kier alpha value is -1.63. The predicted octanol–water partition coefficient (Wildman–Crippen LogP) is 3.27. The number of aryl methyl sites for hydroxylation is 1. The van der Waals surface area contributed by atoms with Crippen LogP contribution in [-0.4, -0.2) is 26.0 Å². The van der Waals surface area contributed by atoms with Gasteiger partial charge in [0, 0.05) is 30.5 Å². The zero-order valence-electron chi connectivity index (χ0n) is 12.3. The van der Waals surface area contributed by atoms with Gasteiger partial charge in [0.15, 0.2) is 0 Å². The van der Waals surface area contributed by atoms with E-state index < -0.39 is 6.43 Å². The summed E-state index contributed by atoms with van der Waals surface area (Å²) in [6.45, 7) is 6.22. The molecule has 2 aromatic heterocycles. The molecule has 2 rings (SSSR count). The van der Waals surface area contributed by atoms with Crippen molar-refractivity contribution in [2.24, 2.45) is 0 Å². The fourth-order valence-electron chi connectivity index (χ4n) is 1.86. The highest BCUT2D eigenvalue weighted by atomic mass is 35.5. The van der Waals surface area contributed by atoms with Gasteiger partial charge in [0.2, 0.25) is 0 Å². The van der Waals surface area contributed by atoms with Crippen molar-refractivity contribution < 1.29 is 8.78 Å². The predicted molar refractivity (Wildman–Crippen MR) is 80.2 cm³/mol. The standard InChI is InChI=1S/C13H19F2N5.ClH/c1-9(2)20-7-12(10(3)18-20)16-4-11-5-17-19(6-11)8-13(14)15;/h5-7,9,13,16H,4,8H2,1-3H3;1H. The Bertz CT molecular complexity index is 565. The maximum atomic E-state index is 12.2. The van der Waals surface area contributed by atoms with Crippen molar-refractivity contribution in [1.29, 1.82) is 0 Å². The average molecular weight is 320 g/mol. The van der Waals surface area contributed by atoms with E-state index in [0.717, 1.165) is 16.9 Å². The smallest absolute Gasteiger partial charge is 0.257 e. The van der Waals surface area contributed by atoms with Crippen molar-refractivity contribution in [3.63, 3.8) is 0 Å². The van der Waals surface area contributed by atoms with Crippen LogP contribution in [0.3, 0.4) is 0 Å². The highest BCUT2D eigenvalue weighted by Gasteiger charge is 2.08. The lowest BCUT2D eigenvalue weighted by Crippen LogP contribution is -2.06. The minimum absolute atomic E-state index is 0. The molecule has 0 radical (unpaired) electrons. The topological polar surface area (TPSA) is 47.7 Å². The molecule has 0 aliphatic rings. The van der Waals surface area contributed by atoms with E-state index in [2.05, 4.69) is 29.4 Å². The van der Waals surface area contributed by atoms with Crippen LogP contribution in [0, 0.1) is 6.92 Å². The minimum Gasteiger partial charge on any atom is -0.378 e. The van der Waals surface area contributed by atoms with Gasteiger partial charge in [-0.3, -0.25) is 9.36 Å². The number of anilines is 1. The van der Waals surface area contributed by atoms with Crippen LogP contribution in [0.4, 0.5) is 14.5 Å². The fraction of sp³-hybridized carbons (Fsp3) is 0.538. The number of nitrogens with one attached hydrogen (secondary N) is 1. The van der Waals surface area contributed by atoms with Crippen LogP contribution < -0.4 is 5.32 Å². The number of hydrogen-bond acceptors (Lipinski definition) is 3. The summed E-state index contributed by atoms with van der Waals surface area (Å²) in [7, 11) is 0. The van der Waals surface area contributed by atoms with Gasteiger partial charge in [0.25, 0.3) is 6.43 Å². The van der Waals surface area contributed by atoms with Gasteiger partial charge in [-0.2, -0.15) is 10.2 Å². The van der Waals surface area contributed by atoms with Gasteiger partial charge in [0.1, 0.15) is 6.54 Å². The third-order valence-electron chi connectivity index (χ3n) is 2.94. The van der Waals surface area contributed by atoms with Crippen LogP contribution in [0.25, 0.3) is 0 Å². The Morgan fingerprint density at radius 1 is 1.29 bits per heavy atom. The molecule has 0 aliphatic carbocycles. The SMILES string of the molecule is Cc1nn(C(C)C)cc1NCc1cnn(CC(F)F)c1.Cl. The molecule has 0 unspecified atom stereocenters. The first-order valence-electron chi connectivity index (χ1n) is 6.55. The zero-order valence-corrected chi connectivity index (χ0v) is 13.1. The van der Waals surface area contributed by atoms with Gasteiger partial charge in [-0.05, 0) is 20.8 Å². The van der Waals surface area contributed by atoms with Gasteiger partial charge in [-0.1, -0.05) is 0 Å². The van der Waals surface area contributed by atoms with Gasteiger partial charge >= 0.3 is 0 Å². The Kier molecular flexibility index (Phi) is 6.14. The highest BCUT2D eigenvalue weighted by Crippen LogP contribution is 2.16. The van der Waals surface area contributed by atoms with E-state index in [-0.39, 0.29) is 19.0 Å². The summed E-state index contributed by atoms with van der Waals surface area (Å²) >= 11 is 0. The summed E-state index contributed by atoms with van der Waals surface area (Å²) in [5.74, 6) is 0. The number of nitrogens with zero attached hydrogens (tertiary/aromatic N) is 4. The molecule has 0 bridgehead atoms. The fourth-order valence-corrected chi connectivity index (χ4v) is 1.86. The first-order chi connectivity index (χ1) is 9.45. The van der Waals surface area contributed by atoms with Crippen LogP contribution in [0.15, 0.2) is 18.6 Å². The molecule has 0 saturated carbocycles. The Morgan fingerprint density at radius 2 is 2.00 bits per heavy atom. The monoisotopic (exact) mass is 319 g/mol. The largest absolute Gasteiger partial charge is 0.378 e. The molecule has 1 N–H and O–H groups in total. The van der Waals surface area contributed by atoms with Crippen molar-refractivity contribution in [2.75, 3.05) is 5.32 Å². The van der Waals surface area contributed by atoms with Crippen LogP contribution in [0.2, 0.25) is 0 Å². The van der Waals surface area contributed by atoms with Crippen LogP contribution in [0.5, 0.6) is 0 Å². The quantitative estimate of drug-likeness (QED) is 0.889. The second-order valence-corrected chi connectivity index (χ2v) is 5.02. The second-order valence-electron chi connectivity index (χ2n) is 5.02. The van der Waals surface area contributed by atoms with E-state index in [4.69, 9.17) is 0 Å². The van der Waals surface area contributed by atoms with Crippen molar-refractivity contribution >= 4 is 18.1 Å². The third kappa shape index (κ3) is 4.70. The molecule has 0 atom stereocenters. The van der Waals surface area contributed by atoms with E-state index >= 15 is 0 Å². The number of alkyl halides is 2. The number of halogens is 3. The van der Waals surface area contributed by atoms with Crippen LogP contribution >= 0.6 is 12.4 Å². The van der Waals surface area contributed by atoms with Gasteiger partial charge in [-0.25, -0.2) is 8.78 Å². The summed E-state index contributed by atoms with van der Waals surface area (Å²) in [4.78, 5) is 0. The zero-order chi connectivity index (χ0) is 14.7. The maximum absolute atomic E-state index is 12.2. The molecule has 0 amide bonds. The molecule has 118 valence electrons. The lowest BCUT2D eigenvalue weighted by atomic mass is 10.3. The number of rotatable bonds is 6. The van der Waals surface area contributed by atoms with Gasteiger partial charge in [-0.15, -0.1) is 12.4 Å². The van der Waals surface area contributed by atoms with Crippen molar-refractivity contribution in [3.8, 4) is 0 Å². The molecule has 0 fully saturated rings. The van der Waals surface area contributed by atoms with Crippen LogP contribution in [0.1, 0.15) is 31.1 Å². The molecule has 0 spiro atoms. The van der Waals surface area contributed by atoms with Crippen molar-refractivity contribution in [3.05, 3.63) is 29.8 Å². The molecule has 0 saturated heterocycles. The molecular formula is C13H20ClF2N5. The van der Waals surface area contributed by atoms with E-state index in [1.807, 2.05) is 17.8 Å². The van der Waals surface area contributed by atoms with Crippen molar-refractivity contribution in [2.45, 2.75) is 46.3 Å². The van der Waals surface area contributed by atoms with E-state index in [0.29, 0.717) is 12.6 Å². The molecule has 5 nitrogen and oxygen atoms in total. The lowest BCUT2D eigenvalue weighted by Gasteiger charge is -2.04. The highest BCUT2D eigenvalue weighted by molar-refractivity contribution is 5.85. The normalized spacial score (nSPS) is 11.0. The lowest BCUT2D eigenvalue weighted by molar-refractivity contribution is 0.122. The Morgan fingerprint density at radius 3 is 2.57 bits per heavy atom. The van der Waals surface area contributed by atoms with Crippen molar-refractivity contribution in [1.82, 2.24) is 19.6 Å². The minimum atomic E-state index is -2.39. The average Bonchev–Trinajstić information content (AvgIpc) is 2.93. The molecule has 8 heteroatoms. The third-order valence-corrected chi connectivity index (χ3v) is 2.94. The summed E-state index contributed by atoms with van der Waals surface area (Å²) in [6, 6.07) is 0.304. The summed E-state index contributed by atoms with van der Waals surface area (Å²) in [5.41, 5.74) is 2.72. The first kappa shape index (κ1) is 17.4. The Labute approximate surface area is 128 Å². The maximum Gasteiger partial charge on any atom is 0.257 e. The summed E-state index contributed by atoms with van der Waals surface area (Å²) in [5, 5.41) is 11.5. The van der Waals surface area contributed by atoms with Gasteiger partial charge < -0.3 is 5.32 Å². The van der Waals surface area contributed by atoms with Crippen LogP contribution in [-0.2, 0) is 13.1 Å². The molecule has 2 heterocycles. The first-order valence-corrected chi connectivity index (χ1v) is 6.55.